The quantitative estimate of drug-likeness (QED) is 0.558. The van der Waals surface area contributed by atoms with E-state index in [9.17, 15) is 0 Å². The molecule has 8 heteroatoms. The molecule has 4 aromatic rings. The predicted molar refractivity (Wildman–Crippen MR) is 91.2 cm³/mol. The lowest BCUT2D eigenvalue weighted by molar-refractivity contribution is 0.832. The molecule has 0 bridgehead atoms. The minimum atomic E-state index is 0.421. The Morgan fingerprint density at radius 2 is 2.09 bits per heavy atom. The highest BCUT2D eigenvalue weighted by Crippen LogP contribution is 2.22. The number of rotatable bonds is 4. The average molecular weight is 325 g/mol. The zero-order valence-corrected chi connectivity index (χ0v) is 13.3. The molecule has 4 rings (SSSR count). The first-order valence-corrected chi connectivity index (χ1v) is 8.20. The average Bonchev–Trinajstić information content (AvgIpc) is 3.11. The summed E-state index contributed by atoms with van der Waals surface area (Å²) in [6, 6.07) is 8.16. The standard InChI is InChI=1S/C15H15N7S/c1-22-10-5-3-2-4-9(10)19-11(22)6-7-23-15-20-12-13(16)17-8-18-14(12)21-15/h2-5,8H,6-7H2,1H3,(H3,16,17,18,20,21). The highest BCUT2D eigenvalue weighted by molar-refractivity contribution is 7.99. The molecule has 0 aliphatic carbocycles. The number of aryl methyl sites for hydroxylation is 2. The topological polar surface area (TPSA) is 98.3 Å². The number of para-hydroxylation sites is 2. The molecule has 7 nitrogen and oxygen atoms in total. The van der Waals surface area contributed by atoms with Crippen molar-refractivity contribution in [2.24, 2.45) is 7.05 Å². The molecule has 0 aliphatic heterocycles. The van der Waals surface area contributed by atoms with Crippen molar-refractivity contribution in [3.05, 3.63) is 36.4 Å². The van der Waals surface area contributed by atoms with Crippen LogP contribution in [0.15, 0.2) is 35.7 Å². The number of nitrogens with zero attached hydrogens (tertiary/aromatic N) is 5. The molecule has 0 spiro atoms. The van der Waals surface area contributed by atoms with Crippen LogP contribution < -0.4 is 5.73 Å². The highest BCUT2D eigenvalue weighted by Gasteiger charge is 2.10. The normalized spacial score (nSPS) is 11.5. The van der Waals surface area contributed by atoms with Crippen LogP contribution in [0, 0.1) is 0 Å². The van der Waals surface area contributed by atoms with E-state index in [4.69, 9.17) is 5.73 Å². The smallest absolute Gasteiger partial charge is 0.183 e. The molecule has 116 valence electrons. The molecule has 0 saturated carbocycles. The van der Waals surface area contributed by atoms with Gasteiger partial charge in [-0.1, -0.05) is 23.9 Å². The first-order valence-electron chi connectivity index (χ1n) is 7.21. The van der Waals surface area contributed by atoms with Gasteiger partial charge in [-0.3, -0.25) is 0 Å². The van der Waals surface area contributed by atoms with Gasteiger partial charge in [0, 0.05) is 19.2 Å². The summed E-state index contributed by atoms with van der Waals surface area (Å²) in [5.41, 5.74) is 9.28. The van der Waals surface area contributed by atoms with Crippen molar-refractivity contribution >= 4 is 39.8 Å². The second-order valence-electron chi connectivity index (χ2n) is 5.17. The lowest BCUT2D eigenvalue weighted by Gasteiger charge is -2.01. The zero-order chi connectivity index (χ0) is 15.8. The predicted octanol–water partition coefficient (Wildman–Crippen LogP) is 2.16. The summed E-state index contributed by atoms with van der Waals surface area (Å²) in [7, 11) is 2.05. The van der Waals surface area contributed by atoms with E-state index >= 15 is 0 Å². The number of imidazole rings is 2. The number of nitrogen functional groups attached to an aromatic ring is 1. The molecule has 3 aromatic heterocycles. The summed E-state index contributed by atoms with van der Waals surface area (Å²) in [6.45, 7) is 0. The van der Waals surface area contributed by atoms with Crippen molar-refractivity contribution in [3.8, 4) is 0 Å². The van der Waals surface area contributed by atoms with Gasteiger partial charge < -0.3 is 15.3 Å². The number of H-pyrrole nitrogens is 1. The molecule has 0 aliphatic rings. The largest absolute Gasteiger partial charge is 0.382 e. The molecule has 0 saturated heterocycles. The van der Waals surface area contributed by atoms with Gasteiger partial charge >= 0.3 is 0 Å². The van der Waals surface area contributed by atoms with Gasteiger partial charge in [0.1, 0.15) is 17.7 Å². The third-order valence-electron chi connectivity index (χ3n) is 3.74. The van der Waals surface area contributed by atoms with Gasteiger partial charge in [0.15, 0.2) is 16.6 Å². The minimum absolute atomic E-state index is 0.421. The van der Waals surface area contributed by atoms with Crippen LogP contribution >= 0.6 is 11.8 Å². The molecular weight excluding hydrogens is 310 g/mol. The number of hydrogen-bond acceptors (Lipinski definition) is 6. The second-order valence-corrected chi connectivity index (χ2v) is 6.26. The number of benzene rings is 1. The third-order valence-corrected chi connectivity index (χ3v) is 4.62. The van der Waals surface area contributed by atoms with Gasteiger partial charge in [0.05, 0.1) is 11.0 Å². The van der Waals surface area contributed by atoms with Crippen LogP contribution in [0.5, 0.6) is 0 Å². The van der Waals surface area contributed by atoms with Crippen molar-refractivity contribution in [1.29, 1.82) is 0 Å². The molecule has 0 fully saturated rings. The fraction of sp³-hybridized carbons (Fsp3) is 0.200. The molecular formula is C15H15N7S. The van der Waals surface area contributed by atoms with Crippen LogP contribution in [0.1, 0.15) is 5.82 Å². The van der Waals surface area contributed by atoms with Crippen LogP contribution in [0.3, 0.4) is 0 Å². The van der Waals surface area contributed by atoms with Gasteiger partial charge in [0.2, 0.25) is 0 Å². The van der Waals surface area contributed by atoms with Gasteiger partial charge in [-0.05, 0) is 12.1 Å². The van der Waals surface area contributed by atoms with E-state index in [2.05, 4.69) is 35.6 Å². The van der Waals surface area contributed by atoms with Crippen LogP contribution in [-0.2, 0) is 13.5 Å². The van der Waals surface area contributed by atoms with Crippen molar-refractivity contribution in [1.82, 2.24) is 29.5 Å². The van der Waals surface area contributed by atoms with Gasteiger partial charge in [-0.15, -0.1) is 0 Å². The number of hydrogen-bond donors (Lipinski definition) is 2. The molecule has 0 amide bonds. The van der Waals surface area contributed by atoms with E-state index in [1.165, 1.54) is 6.33 Å². The lowest BCUT2D eigenvalue weighted by atomic mass is 10.3. The summed E-state index contributed by atoms with van der Waals surface area (Å²) in [6.07, 6.45) is 2.28. The molecule has 1 aromatic carbocycles. The summed E-state index contributed by atoms with van der Waals surface area (Å²) >= 11 is 1.62. The molecule has 3 heterocycles. The van der Waals surface area contributed by atoms with E-state index in [-0.39, 0.29) is 0 Å². The molecule has 0 atom stereocenters. The number of nitrogens with two attached hydrogens (primary N) is 1. The fourth-order valence-electron chi connectivity index (χ4n) is 2.55. The van der Waals surface area contributed by atoms with Crippen molar-refractivity contribution in [3.63, 3.8) is 0 Å². The second kappa shape index (κ2) is 5.54. The van der Waals surface area contributed by atoms with E-state index in [1.807, 2.05) is 25.2 Å². The fourth-order valence-corrected chi connectivity index (χ4v) is 3.35. The highest BCUT2D eigenvalue weighted by atomic mass is 32.2. The van der Waals surface area contributed by atoms with E-state index in [1.54, 1.807) is 11.8 Å². The number of thioether (sulfide) groups is 1. The Bertz CT molecular complexity index is 988. The molecule has 0 radical (unpaired) electrons. The summed E-state index contributed by atoms with van der Waals surface area (Å²) < 4.78 is 2.14. The minimum Gasteiger partial charge on any atom is -0.382 e. The number of aromatic nitrogens is 6. The van der Waals surface area contributed by atoms with Gasteiger partial charge in [0.25, 0.3) is 0 Å². The van der Waals surface area contributed by atoms with E-state index < -0.39 is 0 Å². The Labute approximate surface area is 136 Å². The Hall–Kier alpha value is -2.61. The molecule has 23 heavy (non-hydrogen) atoms. The SMILES string of the molecule is Cn1c(CCSc2nc3ncnc(N)c3[nH]2)nc2ccccc21. The van der Waals surface area contributed by atoms with Gasteiger partial charge in [-0.2, -0.15) is 0 Å². The monoisotopic (exact) mass is 325 g/mol. The van der Waals surface area contributed by atoms with Crippen molar-refractivity contribution in [2.45, 2.75) is 11.6 Å². The zero-order valence-electron chi connectivity index (χ0n) is 12.5. The molecule has 3 N–H and O–H groups in total. The van der Waals surface area contributed by atoms with E-state index in [0.29, 0.717) is 17.0 Å². The van der Waals surface area contributed by atoms with Gasteiger partial charge in [-0.25, -0.2) is 19.9 Å². The van der Waals surface area contributed by atoms with Crippen molar-refractivity contribution in [2.75, 3.05) is 11.5 Å². The van der Waals surface area contributed by atoms with E-state index in [0.717, 1.165) is 34.2 Å². The van der Waals surface area contributed by atoms with Crippen LogP contribution in [0.25, 0.3) is 22.2 Å². The Morgan fingerprint density at radius 1 is 1.22 bits per heavy atom. The third kappa shape index (κ3) is 2.50. The number of aromatic amines is 1. The number of anilines is 1. The number of fused-ring (bicyclic) bond motifs is 2. The Morgan fingerprint density at radius 3 is 2.91 bits per heavy atom. The Balaban J connectivity index is 1.50. The maximum absolute atomic E-state index is 5.81. The van der Waals surface area contributed by atoms with Crippen molar-refractivity contribution < 1.29 is 0 Å². The van der Waals surface area contributed by atoms with Crippen LogP contribution in [0.2, 0.25) is 0 Å². The lowest BCUT2D eigenvalue weighted by Crippen LogP contribution is -1.99. The summed E-state index contributed by atoms with van der Waals surface area (Å²) in [5.74, 6) is 2.35. The van der Waals surface area contributed by atoms with Crippen LogP contribution in [0.4, 0.5) is 5.82 Å². The summed E-state index contributed by atoms with van der Waals surface area (Å²) in [5, 5.41) is 0.797. The first-order chi connectivity index (χ1) is 11.2. The number of nitrogens with one attached hydrogen (secondary N) is 1. The maximum atomic E-state index is 5.81. The molecule has 0 unspecified atom stereocenters. The maximum Gasteiger partial charge on any atom is 0.183 e. The summed E-state index contributed by atoms with van der Waals surface area (Å²) in [4.78, 5) is 20.3. The first kappa shape index (κ1) is 14.0. The van der Waals surface area contributed by atoms with Crippen LogP contribution in [-0.4, -0.2) is 35.2 Å². The Kier molecular flexibility index (Phi) is 3.38.